The van der Waals surface area contributed by atoms with Crippen LogP contribution in [0.5, 0.6) is 0 Å². The molecule has 41 heavy (non-hydrogen) atoms. The van der Waals surface area contributed by atoms with Gasteiger partial charge in [-0.1, -0.05) is 0 Å². The second kappa shape index (κ2) is 9.30. The van der Waals surface area contributed by atoms with Crippen molar-refractivity contribution >= 4 is 30.6 Å². The summed E-state index contributed by atoms with van der Waals surface area (Å²) in [6.07, 6.45) is 17.4. The summed E-state index contributed by atoms with van der Waals surface area (Å²) in [6.45, 7) is 13.2. The molecule has 8 aliphatic carbocycles. The highest BCUT2D eigenvalue weighted by Gasteiger charge is 2.64. The number of carbonyl (C=O) groups is 1. The molecule has 8 aliphatic rings. The van der Waals surface area contributed by atoms with Crippen LogP contribution in [-0.2, 0) is 0 Å². The van der Waals surface area contributed by atoms with Crippen LogP contribution in [0.4, 0.5) is 4.79 Å². The molecular weight excluding hydrogens is 521 g/mol. The Morgan fingerprint density at radius 2 is 1.15 bits per heavy atom. The summed E-state index contributed by atoms with van der Waals surface area (Å²) in [7, 11) is -0.582. The summed E-state index contributed by atoms with van der Waals surface area (Å²) in [5.74, 6) is 5.51. The fourth-order valence-corrected chi connectivity index (χ4v) is 17.5. The predicted octanol–water partition coefficient (Wildman–Crippen LogP) is 8.78. The zero-order valence-electron chi connectivity index (χ0n) is 26.5. The molecule has 0 aliphatic heterocycles. The van der Waals surface area contributed by atoms with Gasteiger partial charge in [0.15, 0.2) is 0 Å². The van der Waals surface area contributed by atoms with Crippen LogP contribution < -0.4 is 5.57 Å². The molecule has 5 heteroatoms. The van der Waals surface area contributed by atoms with Crippen molar-refractivity contribution in [1.82, 2.24) is 14.5 Å². The fourth-order valence-electron chi connectivity index (χ4n) is 12.4. The number of amides is 1. The van der Waals surface area contributed by atoms with E-state index in [2.05, 4.69) is 63.1 Å². The number of fused-ring (bicyclic) bond motifs is 1. The molecule has 10 rings (SSSR count). The number of rotatable bonds is 5. The molecule has 8 saturated carbocycles. The third kappa shape index (κ3) is 4.08. The van der Waals surface area contributed by atoms with Crippen LogP contribution in [0.25, 0.3) is 11.0 Å². The van der Waals surface area contributed by atoms with Gasteiger partial charge in [0.2, 0.25) is 0 Å². The van der Waals surface area contributed by atoms with E-state index in [1.807, 2.05) is 0 Å². The predicted molar refractivity (Wildman–Crippen MR) is 170 cm³/mol. The normalized spacial score (nSPS) is 39.4. The number of hydrogen-bond donors (Lipinski definition) is 0. The highest BCUT2D eigenvalue weighted by Crippen LogP contribution is 2.78. The molecule has 0 unspecified atom stereocenters. The summed E-state index contributed by atoms with van der Waals surface area (Å²) >= 11 is 0. The molecule has 8 bridgehead atoms. The molecule has 1 amide bonds. The van der Waals surface area contributed by atoms with E-state index in [0.717, 1.165) is 46.5 Å². The quantitative estimate of drug-likeness (QED) is 0.335. The Labute approximate surface area is 249 Å². The number of hydrogen-bond acceptors (Lipinski definition) is 2. The van der Waals surface area contributed by atoms with Crippen LogP contribution in [0.1, 0.15) is 116 Å². The first-order chi connectivity index (χ1) is 19.5. The van der Waals surface area contributed by atoms with Crippen molar-refractivity contribution in [3.8, 4) is 0 Å². The van der Waals surface area contributed by atoms with Gasteiger partial charge < -0.3 is 4.90 Å². The van der Waals surface area contributed by atoms with Crippen molar-refractivity contribution in [2.45, 2.75) is 141 Å². The second-order valence-corrected chi connectivity index (χ2v) is 19.6. The second-order valence-electron chi connectivity index (χ2n) is 16.7. The van der Waals surface area contributed by atoms with Crippen LogP contribution >= 0.6 is 7.92 Å². The standard InChI is InChI=1S/C36H52N3OP/c1-21(2)38(22(3)4)34(40)39-32-8-24(6)23(5)7-31(32)37-33(39)41(35-15-25-9-26(16-35)11-27(10-25)17-35)36-18-28-12-29(19-36)14-30(13-28)20-36/h7-8,21-22,25-30H,9-20H2,1-6H3. The highest BCUT2D eigenvalue weighted by molar-refractivity contribution is 7.68. The molecule has 222 valence electrons. The van der Waals surface area contributed by atoms with E-state index in [0.29, 0.717) is 10.3 Å². The minimum absolute atomic E-state index is 0.157. The van der Waals surface area contributed by atoms with Crippen molar-refractivity contribution in [2.24, 2.45) is 35.5 Å². The van der Waals surface area contributed by atoms with Crippen LogP contribution in [0.15, 0.2) is 12.1 Å². The maximum absolute atomic E-state index is 14.9. The fraction of sp³-hybridized carbons (Fsp3) is 0.778. The molecule has 0 spiro atoms. The van der Waals surface area contributed by atoms with Crippen molar-refractivity contribution in [2.75, 3.05) is 0 Å². The van der Waals surface area contributed by atoms with E-state index in [1.54, 1.807) is 0 Å². The third-order valence-electron chi connectivity index (χ3n) is 12.9. The molecule has 1 aromatic heterocycles. The highest BCUT2D eigenvalue weighted by atomic mass is 31.1. The summed E-state index contributed by atoms with van der Waals surface area (Å²) in [4.78, 5) is 22.8. The monoisotopic (exact) mass is 573 g/mol. The minimum Gasteiger partial charge on any atom is -0.319 e. The van der Waals surface area contributed by atoms with Crippen LogP contribution in [-0.4, -0.2) is 42.9 Å². The zero-order chi connectivity index (χ0) is 28.4. The summed E-state index contributed by atoms with van der Waals surface area (Å²) in [5.41, 5.74) is 5.93. The first-order valence-corrected chi connectivity index (χ1v) is 18.5. The number of benzene rings is 1. The molecule has 1 heterocycles. The van der Waals surface area contributed by atoms with E-state index >= 15 is 0 Å². The number of aryl methyl sites for hydroxylation is 2. The van der Waals surface area contributed by atoms with Gasteiger partial charge in [-0.05, 0) is 196 Å². The SMILES string of the molecule is Cc1cc2nc(P(C34CC5CC(CC(C5)C3)C4)C34CC5CC(CC(C5)C3)C4)n(C(=O)N(C(C)C)C(C)C)c2cc1C. The van der Waals surface area contributed by atoms with Gasteiger partial charge >= 0.3 is 6.03 Å². The van der Waals surface area contributed by atoms with Gasteiger partial charge in [-0.25, -0.2) is 14.3 Å². The first-order valence-electron chi connectivity index (χ1n) is 17.2. The molecule has 2 aromatic rings. The van der Waals surface area contributed by atoms with Gasteiger partial charge in [-0.15, -0.1) is 0 Å². The van der Waals surface area contributed by atoms with E-state index < -0.39 is 7.92 Å². The lowest BCUT2D eigenvalue weighted by Gasteiger charge is -2.67. The summed E-state index contributed by atoms with van der Waals surface area (Å²) < 4.78 is 2.23. The minimum atomic E-state index is -0.582. The van der Waals surface area contributed by atoms with Gasteiger partial charge in [0, 0.05) is 12.1 Å². The molecule has 0 saturated heterocycles. The summed E-state index contributed by atoms with van der Waals surface area (Å²) in [6, 6.07) is 5.08. The Morgan fingerprint density at radius 3 is 1.54 bits per heavy atom. The molecule has 8 fully saturated rings. The lowest BCUT2D eigenvalue weighted by atomic mass is 9.55. The number of nitrogens with zero attached hydrogens (tertiary/aromatic N) is 3. The number of carbonyl (C=O) groups excluding carboxylic acids is 1. The maximum atomic E-state index is 14.9. The van der Waals surface area contributed by atoms with Crippen molar-refractivity contribution < 1.29 is 4.79 Å². The zero-order valence-corrected chi connectivity index (χ0v) is 27.4. The Balaban J connectivity index is 1.38. The topological polar surface area (TPSA) is 38.1 Å². The molecule has 0 radical (unpaired) electrons. The molecular formula is C36H52N3OP. The Hall–Kier alpha value is -1.41. The lowest BCUT2D eigenvalue weighted by molar-refractivity contribution is 0.0194. The van der Waals surface area contributed by atoms with Crippen molar-refractivity contribution in [1.29, 1.82) is 0 Å². The molecule has 4 nitrogen and oxygen atoms in total. The third-order valence-corrected chi connectivity index (χ3v) is 16.6. The van der Waals surface area contributed by atoms with Crippen LogP contribution in [0, 0.1) is 49.4 Å². The lowest BCUT2D eigenvalue weighted by Crippen LogP contribution is -2.59. The van der Waals surface area contributed by atoms with E-state index in [-0.39, 0.29) is 18.1 Å². The Kier molecular flexibility index (Phi) is 6.16. The smallest absolute Gasteiger partial charge is 0.319 e. The Bertz CT molecular complexity index is 1260. The van der Waals surface area contributed by atoms with E-state index in [4.69, 9.17) is 4.98 Å². The van der Waals surface area contributed by atoms with Gasteiger partial charge in [0.1, 0.15) is 5.57 Å². The number of aromatic nitrogens is 2. The molecule has 1 aromatic carbocycles. The van der Waals surface area contributed by atoms with E-state index in [9.17, 15) is 4.79 Å². The van der Waals surface area contributed by atoms with Gasteiger partial charge in [-0.3, -0.25) is 0 Å². The molecule has 0 atom stereocenters. The first kappa shape index (κ1) is 27.2. The number of imidazole rings is 1. The van der Waals surface area contributed by atoms with Gasteiger partial charge in [0.25, 0.3) is 0 Å². The van der Waals surface area contributed by atoms with Crippen molar-refractivity contribution in [3.63, 3.8) is 0 Å². The van der Waals surface area contributed by atoms with Gasteiger partial charge in [-0.2, -0.15) is 0 Å². The molecule has 0 N–H and O–H groups in total. The maximum Gasteiger partial charge on any atom is 0.330 e. The Morgan fingerprint density at radius 1 is 0.756 bits per heavy atom. The largest absolute Gasteiger partial charge is 0.330 e. The van der Waals surface area contributed by atoms with Crippen molar-refractivity contribution in [3.05, 3.63) is 23.3 Å². The summed E-state index contributed by atoms with van der Waals surface area (Å²) in [5, 5.41) is 0.777. The van der Waals surface area contributed by atoms with Crippen LogP contribution in [0.2, 0.25) is 0 Å². The van der Waals surface area contributed by atoms with Gasteiger partial charge in [0.05, 0.1) is 11.0 Å². The van der Waals surface area contributed by atoms with E-state index in [1.165, 1.54) is 93.7 Å². The average Bonchev–Trinajstić information content (AvgIpc) is 3.18. The van der Waals surface area contributed by atoms with Crippen LogP contribution in [0.3, 0.4) is 0 Å². The average molecular weight is 574 g/mol.